The van der Waals surface area contributed by atoms with Gasteiger partial charge >= 0.3 is 5.97 Å². The maximum Gasteiger partial charge on any atom is 0.310 e. The molecule has 0 amide bonds. The molecule has 0 saturated carbocycles. The molecule has 3 N–H and O–H groups in total. The van der Waals surface area contributed by atoms with Gasteiger partial charge in [-0.1, -0.05) is 25.1 Å². The van der Waals surface area contributed by atoms with Crippen molar-refractivity contribution in [2.45, 2.75) is 36.3 Å². The maximum absolute atomic E-state index is 11.5. The van der Waals surface area contributed by atoms with E-state index >= 15 is 0 Å². The van der Waals surface area contributed by atoms with Crippen molar-refractivity contribution in [2.75, 3.05) is 6.54 Å². The van der Waals surface area contributed by atoms with E-state index in [4.69, 9.17) is 5.73 Å². The smallest absolute Gasteiger partial charge is 0.310 e. The van der Waals surface area contributed by atoms with Crippen LogP contribution in [0, 0.1) is 5.41 Å². The highest BCUT2D eigenvalue weighted by atomic mass is 32.2. The van der Waals surface area contributed by atoms with Crippen LogP contribution in [0.3, 0.4) is 0 Å². The highest BCUT2D eigenvalue weighted by Gasteiger charge is 2.39. The SMILES string of the molecule is CCC(CN)(CC1Cc2ccccc2S1)C(=O)O. The number of carboxylic acid groups (broad SMARTS) is 1. The summed E-state index contributed by atoms with van der Waals surface area (Å²) in [4.78, 5) is 12.7. The van der Waals surface area contributed by atoms with Gasteiger partial charge in [0.2, 0.25) is 0 Å². The average Bonchev–Trinajstić information content (AvgIpc) is 2.77. The molecule has 1 heterocycles. The van der Waals surface area contributed by atoms with Crippen molar-refractivity contribution >= 4 is 17.7 Å². The number of fused-ring (bicyclic) bond motifs is 1. The summed E-state index contributed by atoms with van der Waals surface area (Å²) in [6.07, 6.45) is 2.19. The number of carbonyl (C=O) groups is 1. The van der Waals surface area contributed by atoms with Crippen LogP contribution in [0.5, 0.6) is 0 Å². The zero-order chi connectivity index (χ0) is 13.2. The van der Waals surface area contributed by atoms with Crippen LogP contribution in [-0.2, 0) is 11.2 Å². The van der Waals surface area contributed by atoms with Gasteiger partial charge < -0.3 is 10.8 Å². The Kier molecular flexibility index (Phi) is 3.97. The molecule has 1 aromatic carbocycles. The number of rotatable bonds is 5. The molecule has 1 aliphatic heterocycles. The maximum atomic E-state index is 11.5. The monoisotopic (exact) mass is 265 g/mol. The van der Waals surface area contributed by atoms with Gasteiger partial charge in [-0.2, -0.15) is 0 Å². The molecule has 1 aliphatic rings. The molecule has 3 nitrogen and oxygen atoms in total. The number of benzene rings is 1. The molecule has 0 fully saturated rings. The molecule has 0 radical (unpaired) electrons. The second kappa shape index (κ2) is 5.33. The Morgan fingerprint density at radius 1 is 1.56 bits per heavy atom. The zero-order valence-electron chi connectivity index (χ0n) is 10.6. The van der Waals surface area contributed by atoms with Gasteiger partial charge in [-0.3, -0.25) is 4.79 Å². The van der Waals surface area contributed by atoms with Gasteiger partial charge in [0.05, 0.1) is 5.41 Å². The molecule has 4 heteroatoms. The van der Waals surface area contributed by atoms with E-state index in [1.54, 1.807) is 11.8 Å². The van der Waals surface area contributed by atoms with Crippen LogP contribution in [0.25, 0.3) is 0 Å². The fourth-order valence-electron chi connectivity index (χ4n) is 2.50. The van der Waals surface area contributed by atoms with Crippen LogP contribution in [0.2, 0.25) is 0 Å². The number of thioether (sulfide) groups is 1. The largest absolute Gasteiger partial charge is 0.481 e. The van der Waals surface area contributed by atoms with Gasteiger partial charge in [0, 0.05) is 16.7 Å². The third-order valence-electron chi connectivity index (χ3n) is 3.85. The lowest BCUT2D eigenvalue weighted by Gasteiger charge is -2.28. The summed E-state index contributed by atoms with van der Waals surface area (Å²) >= 11 is 1.79. The average molecular weight is 265 g/mol. The summed E-state index contributed by atoms with van der Waals surface area (Å²) in [6.45, 7) is 2.12. The first-order valence-electron chi connectivity index (χ1n) is 6.29. The highest BCUT2D eigenvalue weighted by molar-refractivity contribution is 8.00. The lowest BCUT2D eigenvalue weighted by Crippen LogP contribution is -2.40. The predicted molar refractivity (Wildman–Crippen MR) is 73.8 cm³/mol. The molecule has 98 valence electrons. The van der Waals surface area contributed by atoms with E-state index in [-0.39, 0.29) is 6.54 Å². The first-order chi connectivity index (χ1) is 8.61. The van der Waals surface area contributed by atoms with E-state index in [9.17, 15) is 9.90 Å². The molecule has 0 spiro atoms. The topological polar surface area (TPSA) is 63.3 Å². The lowest BCUT2D eigenvalue weighted by molar-refractivity contribution is -0.149. The van der Waals surface area contributed by atoms with Gasteiger partial charge in [0.15, 0.2) is 0 Å². The van der Waals surface area contributed by atoms with Crippen LogP contribution >= 0.6 is 11.8 Å². The molecule has 0 aromatic heterocycles. The lowest BCUT2D eigenvalue weighted by atomic mass is 9.80. The second-order valence-electron chi connectivity index (χ2n) is 4.90. The van der Waals surface area contributed by atoms with Crippen LogP contribution in [0.1, 0.15) is 25.3 Å². The van der Waals surface area contributed by atoms with Crippen LogP contribution in [0.15, 0.2) is 29.2 Å². The van der Waals surface area contributed by atoms with E-state index in [1.165, 1.54) is 10.5 Å². The summed E-state index contributed by atoms with van der Waals surface area (Å²) in [5, 5.41) is 9.75. The fraction of sp³-hybridized carbons (Fsp3) is 0.500. The van der Waals surface area contributed by atoms with E-state index in [1.807, 2.05) is 19.1 Å². The predicted octanol–water partition coefficient (Wildman–Crippen LogP) is 2.53. The number of aliphatic carboxylic acids is 1. The molecule has 18 heavy (non-hydrogen) atoms. The number of hydrogen-bond donors (Lipinski definition) is 2. The zero-order valence-corrected chi connectivity index (χ0v) is 11.4. The van der Waals surface area contributed by atoms with Crippen molar-refractivity contribution in [1.29, 1.82) is 0 Å². The number of carboxylic acids is 1. The van der Waals surface area contributed by atoms with Crippen molar-refractivity contribution in [1.82, 2.24) is 0 Å². The summed E-state index contributed by atoms with van der Waals surface area (Å²) < 4.78 is 0. The highest BCUT2D eigenvalue weighted by Crippen LogP contribution is 2.42. The van der Waals surface area contributed by atoms with Gasteiger partial charge in [-0.15, -0.1) is 11.8 Å². The summed E-state index contributed by atoms with van der Waals surface area (Å²) in [5.74, 6) is -0.760. The molecule has 0 saturated heterocycles. The standard InChI is InChI=1S/C14H19NO2S/c1-2-14(9-15,13(16)17)8-11-7-10-5-3-4-6-12(10)18-11/h3-6,11H,2,7-9,15H2,1H3,(H,16,17). The molecule has 2 rings (SSSR count). The molecule has 0 bridgehead atoms. The third kappa shape index (κ3) is 2.40. The minimum Gasteiger partial charge on any atom is -0.481 e. The Labute approximate surface area is 112 Å². The minimum absolute atomic E-state index is 0.215. The fourth-order valence-corrected chi connectivity index (χ4v) is 3.99. The van der Waals surface area contributed by atoms with Crippen LogP contribution in [-0.4, -0.2) is 22.9 Å². The molecular weight excluding hydrogens is 246 g/mol. The van der Waals surface area contributed by atoms with E-state index < -0.39 is 11.4 Å². The molecule has 2 atom stereocenters. The van der Waals surface area contributed by atoms with Crippen LogP contribution in [0.4, 0.5) is 0 Å². The van der Waals surface area contributed by atoms with Crippen molar-refractivity contribution in [3.05, 3.63) is 29.8 Å². The first-order valence-corrected chi connectivity index (χ1v) is 7.17. The summed E-state index contributed by atoms with van der Waals surface area (Å²) in [5.41, 5.74) is 6.28. The van der Waals surface area contributed by atoms with Crippen molar-refractivity contribution < 1.29 is 9.90 Å². The van der Waals surface area contributed by atoms with Gasteiger partial charge in [0.25, 0.3) is 0 Å². The van der Waals surface area contributed by atoms with Gasteiger partial charge in [-0.05, 0) is 30.9 Å². The Balaban J connectivity index is 2.10. The molecule has 1 aromatic rings. The van der Waals surface area contributed by atoms with Crippen LogP contribution < -0.4 is 5.73 Å². The second-order valence-corrected chi connectivity index (χ2v) is 6.24. The van der Waals surface area contributed by atoms with E-state index in [2.05, 4.69) is 12.1 Å². The summed E-state index contributed by atoms with van der Waals surface area (Å²) in [6, 6.07) is 8.30. The Hall–Kier alpha value is -1.00. The molecule has 2 unspecified atom stereocenters. The quantitative estimate of drug-likeness (QED) is 0.858. The third-order valence-corrected chi connectivity index (χ3v) is 5.17. The number of hydrogen-bond acceptors (Lipinski definition) is 3. The summed E-state index contributed by atoms with van der Waals surface area (Å²) in [7, 11) is 0. The van der Waals surface area contributed by atoms with Gasteiger partial charge in [0.1, 0.15) is 0 Å². The van der Waals surface area contributed by atoms with Crippen molar-refractivity contribution in [3.8, 4) is 0 Å². The van der Waals surface area contributed by atoms with E-state index in [0.717, 1.165) is 6.42 Å². The Bertz CT molecular complexity index is 418. The minimum atomic E-state index is -0.764. The van der Waals surface area contributed by atoms with E-state index in [0.29, 0.717) is 18.1 Å². The molecule has 0 aliphatic carbocycles. The van der Waals surface area contributed by atoms with Crippen molar-refractivity contribution in [2.24, 2.45) is 11.1 Å². The van der Waals surface area contributed by atoms with Crippen molar-refractivity contribution in [3.63, 3.8) is 0 Å². The Morgan fingerprint density at radius 3 is 2.83 bits per heavy atom. The van der Waals surface area contributed by atoms with Gasteiger partial charge in [-0.25, -0.2) is 0 Å². The normalized spacial score (nSPS) is 21.3. The number of nitrogens with two attached hydrogens (primary N) is 1. The first kappa shape index (κ1) is 13.4. The molecular formula is C14H19NO2S. The Morgan fingerprint density at radius 2 is 2.28 bits per heavy atom.